The summed E-state index contributed by atoms with van der Waals surface area (Å²) in [6.07, 6.45) is 0. The maximum atomic E-state index is 9.10. The highest BCUT2D eigenvalue weighted by molar-refractivity contribution is 8.01. The second-order valence-corrected chi connectivity index (χ2v) is 4.69. The standard InChI is InChI=1S/C9H8N2OS2/c12-5-7-3-1-2-4-8(7)14-9-11-10-6-13-9/h1-4,6,12H,5H2. The lowest BCUT2D eigenvalue weighted by Crippen LogP contribution is -1.86. The van der Waals surface area contributed by atoms with E-state index in [1.807, 2.05) is 24.3 Å². The van der Waals surface area contributed by atoms with Gasteiger partial charge in [0.1, 0.15) is 5.51 Å². The van der Waals surface area contributed by atoms with E-state index in [1.165, 1.54) is 23.1 Å². The highest BCUT2D eigenvalue weighted by Gasteiger charge is 2.04. The molecule has 1 heterocycles. The number of benzene rings is 1. The van der Waals surface area contributed by atoms with Crippen molar-refractivity contribution >= 4 is 23.1 Å². The molecule has 0 amide bonds. The topological polar surface area (TPSA) is 46.0 Å². The molecule has 3 nitrogen and oxygen atoms in total. The van der Waals surface area contributed by atoms with Gasteiger partial charge in [-0.15, -0.1) is 10.2 Å². The third kappa shape index (κ3) is 2.12. The number of nitrogens with zero attached hydrogens (tertiary/aromatic N) is 2. The number of aromatic nitrogens is 2. The first-order valence-electron chi connectivity index (χ1n) is 4.03. The molecular formula is C9H8N2OS2. The van der Waals surface area contributed by atoms with Crippen molar-refractivity contribution in [1.29, 1.82) is 0 Å². The Labute approximate surface area is 89.8 Å². The molecule has 0 radical (unpaired) electrons. The minimum atomic E-state index is 0.0575. The van der Waals surface area contributed by atoms with Crippen LogP contribution in [0.1, 0.15) is 5.56 Å². The van der Waals surface area contributed by atoms with E-state index in [-0.39, 0.29) is 6.61 Å². The van der Waals surface area contributed by atoms with Crippen LogP contribution < -0.4 is 0 Å². The van der Waals surface area contributed by atoms with E-state index >= 15 is 0 Å². The molecule has 1 aromatic heterocycles. The van der Waals surface area contributed by atoms with Gasteiger partial charge in [0, 0.05) is 4.90 Å². The van der Waals surface area contributed by atoms with Gasteiger partial charge >= 0.3 is 0 Å². The summed E-state index contributed by atoms with van der Waals surface area (Å²) in [5.41, 5.74) is 2.62. The molecular weight excluding hydrogens is 216 g/mol. The van der Waals surface area contributed by atoms with Gasteiger partial charge < -0.3 is 5.11 Å². The van der Waals surface area contributed by atoms with Crippen LogP contribution in [0, 0.1) is 0 Å². The van der Waals surface area contributed by atoms with Gasteiger partial charge in [-0.25, -0.2) is 0 Å². The molecule has 14 heavy (non-hydrogen) atoms. The van der Waals surface area contributed by atoms with Crippen LogP contribution in [-0.2, 0) is 6.61 Å². The zero-order valence-corrected chi connectivity index (χ0v) is 8.88. The first-order chi connectivity index (χ1) is 6.90. The first kappa shape index (κ1) is 9.64. The highest BCUT2D eigenvalue weighted by atomic mass is 32.2. The van der Waals surface area contributed by atoms with E-state index in [1.54, 1.807) is 5.51 Å². The normalized spacial score (nSPS) is 10.4. The predicted octanol–water partition coefficient (Wildman–Crippen LogP) is 2.18. The zero-order valence-electron chi connectivity index (χ0n) is 7.25. The van der Waals surface area contributed by atoms with Crippen LogP contribution in [0.4, 0.5) is 0 Å². The molecule has 2 aromatic rings. The number of rotatable bonds is 3. The lowest BCUT2D eigenvalue weighted by molar-refractivity contribution is 0.279. The molecule has 0 saturated heterocycles. The van der Waals surface area contributed by atoms with Crippen molar-refractivity contribution in [1.82, 2.24) is 10.2 Å². The van der Waals surface area contributed by atoms with Crippen molar-refractivity contribution in [3.8, 4) is 0 Å². The maximum absolute atomic E-state index is 9.10. The van der Waals surface area contributed by atoms with Gasteiger partial charge in [0.15, 0.2) is 4.34 Å². The van der Waals surface area contributed by atoms with Gasteiger partial charge in [-0.1, -0.05) is 41.3 Å². The summed E-state index contributed by atoms with van der Waals surface area (Å²) in [6.45, 7) is 0.0575. The Morgan fingerprint density at radius 1 is 1.36 bits per heavy atom. The van der Waals surface area contributed by atoms with E-state index in [4.69, 9.17) is 5.11 Å². The van der Waals surface area contributed by atoms with Crippen molar-refractivity contribution in [3.63, 3.8) is 0 Å². The van der Waals surface area contributed by atoms with Crippen molar-refractivity contribution in [2.75, 3.05) is 0 Å². The van der Waals surface area contributed by atoms with Gasteiger partial charge in [0.2, 0.25) is 0 Å². The SMILES string of the molecule is OCc1ccccc1Sc1nncs1. The lowest BCUT2D eigenvalue weighted by atomic mass is 10.2. The summed E-state index contributed by atoms with van der Waals surface area (Å²) >= 11 is 3.03. The number of hydrogen-bond acceptors (Lipinski definition) is 5. The molecule has 0 saturated carbocycles. The quantitative estimate of drug-likeness (QED) is 0.868. The fourth-order valence-corrected chi connectivity index (χ4v) is 2.59. The Bertz CT molecular complexity index is 403. The first-order valence-corrected chi connectivity index (χ1v) is 5.72. The van der Waals surface area contributed by atoms with Crippen molar-refractivity contribution in [3.05, 3.63) is 35.3 Å². The molecule has 1 aromatic carbocycles. The average Bonchev–Trinajstić information content (AvgIpc) is 2.71. The number of aliphatic hydroxyl groups excluding tert-OH is 1. The largest absolute Gasteiger partial charge is 0.392 e. The van der Waals surface area contributed by atoms with Crippen molar-refractivity contribution in [2.45, 2.75) is 15.8 Å². The Morgan fingerprint density at radius 3 is 2.93 bits per heavy atom. The third-order valence-electron chi connectivity index (χ3n) is 1.68. The summed E-state index contributed by atoms with van der Waals surface area (Å²) in [4.78, 5) is 1.03. The summed E-state index contributed by atoms with van der Waals surface area (Å²) in [7, 11) is 0. The van der Waals surface area contributed by atoms with Crippen LogP contribution in [0.5, 0.6) is 0 Å². The minimum Gasteiger partial charge on any atom is -0.392 e. The van der Waals surface area contributed by atoms with E-state index in [0.717, 1.165) is 14.8 Å². The average molecular weight is 224 g/mol. The molecule has 0 atom stereocenters. The molecule has 2 rings (SSSR count). The summed E-state index contributed by atoms with van der Waals surface area (Å²) < 4.78 is 0.894. The Hall–Kier alpha value is -0.910. The van der Waals surface area contributed by atoms with E-state index < -0.39 is 0 Å². The van der Waals surface area contributed by atoms with Crippen molar-refractivity contribution < 1.29 is 5.11 Å². The summed E-state index contributed by atoms with van der Waals surface area (Å²) in [5, 5.41) is 16.8. The van der Waals surface area contributed by atoms with E-state index in [9.17, 15) is 0 Å². The van der Waals surface area contributed by atoms with Gasteiger partial charge in [-0.2, -0.15) is 0 Å². The van der Waals surface area contributed by atoms with Gasteiger partial charge in [0.05, 0.1) is 6.61 Å². The molecule has 0 unspecified atom stereocenters. The van der Waals surface area contributed by atoms with Gasteiger partial charge in [-0.3, -0.25) is 0 Å². The van der Waals surface area contributed by atoms with Crippen molar-refractivity contribution in [2.24, 2.45) is 0 Å². The Kier molecular flexibility index (Phi) is 3.13. The fourth-order valence-electron chi connectivity index (χ4n) is 1.04. The molecule has 0 aliphatic rings. The zero-order chi connectivity index (χ0) is 9.80. The number of hydrogen-bond donors (Lipinski definition) is 1. The maximum Gasteiger partial charge on any atom is 0.178 e. The second-order valence-electron chi connectivity index (χ2n) is 2.57. The predicted molar refractivity (Wildman–Crippen MR) is 56.4 cm³/mol. The lowest BCUT2D eigenvalue weighted by Gasteiger charge is -2.02. The molecule has 0 aliphatic heterocycles. The molecule has 0 fully saturated rings. The second kappa shape index (κ2) is 4.54. The van der Waals surface area contributed by atoms with E-state index in [2.05, 4.69) is 10.2 Å². The smallest absolute Gasteiger partial charge is 0.178 e. The van der Waals surface area contributed by atoms with Crippen LogP contribution in [0.2, 0.25) is 0 Å². The monoisotopic (exact) mass is 224 g/mol. The van der Waals surface area contributed by atoms with Crippen LogP contribution in [-0.4, -0.2) is 15.3 Å². The summed E-state index contributed by atoms with van der Waals surface area (Å²) in [6, 6.07) is 7.74. The van der Waals surface area contributed by atoms with Crippen LogP contribution in [0.3, 0.4) is 0 Å². The van der Waals surface area contributed by atoms with Crippen LogP contribution >= 0.6 is 23.1 Å². The van der Waals surface area contributed by atoms with Gasteiger partial charge in [-0.05, 0) is 11.6 Å². The number of aliphatic hydroxyl groups is 1. The molecule has 1 N–H and O–H groups in total. The van der Waals surface area contributed by atoms with E-state index in [0.29, 0.717) is 0 Å². The van der Waals surface area contributed by atoms with Crippen LogP contribution in [0.15, 0.2) is 39.0 Å². The Balaban J connectivity index is 2.24. The van der Waals surface area contributed by atoms with Crippen LogP contribution in [0.25, 0.3) is 0 Å². The molecule has 0 spiro atoms. The minimum absolute atomic E-state index is 0.0575. The van der Waals surface area contributed by atoms with Gasteiger partial charge in [0.25, 0.3) is 0 Å². The molecule has 0 bridgehead atoms. The third-order valence-corrected chi connectivity index (χ3v) is 3.58. The highest BCUT2D eigenvalue weighted by Crippen LogP contribution is 2.30. The molecule has 5 heteroatoms. The summed E-state index contributed by atoms with van der Waals surface area (Å²) in [5.74, 6) is 0. The fraction of sp³-hybridized carbons (Fsp3) is 0.111. The molecule has 72 valence electrons. The Morgan fingerprint density at radius 2 is 2.21 bits per heavy atom. The molecule has 0 aliphatic carbocycles.